The summed E-state index contributed by atoms with van der Waals surface area (Å²) in [6.07, 6.45) is 2.01. The Morgan fingerprint density at radius 3 is 2.82 bits per heavy atom. The van der Waals surface area contributed by atoms with Gasteiger partial charge < -0.3 is 14.4 Å². The number of amides is 1. The minimum atomic E-state index is -0.860. The third-order valence-electron chi connectivity index (χ3n) is 5.26. The molecule has 1 unspecified atom stereocenters. The van der Waals surface area contributed by atoms with Gasteiger partial charge in [-0.1, -0.05) is 19.9 Å². The molecule has 3 rings (SSSR count). The lowest BCUT2D eigenvalue weighted by Gasteiger charge is -2.46. The fourth-order valence-corrected chi connectivity index (χ4v) is 3.98. The van der Waals surface area contributed by atoms with Crippen molar-refractivity contribution in [3.05, 3.63) is 41.2 Å². The number of nitriles is 1. The molecule has 1 fully saturated rings. The van der Waals surface area contributed by atoms with E-state index >= 15 is 0 Å². The zero-order valence-corrected chi connectivity index (χ0v) is 16.3. The van der Waals surface area contributed by atoms with Crippen molar-refractivity contribution in [2.75, 3.05) is 26.8 Å². The molecule has 0 aromatic heterocycles. The van der Waals surface area contributed by atoms with Gasteiger partial charge in [-0.25, -0.2) is 4.39 Å². The predicted octanol–water partition coefficient (Wildman–Crippen LogP) is 2.42. The number of methoxy groups -OCH3 is 1. The second kappa shape index (κ2) is 7.36. The Labute approximate surface area is 163 Å². The molecule has 0 radical (unpaired) electrons. The SMILES string of the molecule is COc1ccc(CC(=O)N2CCOC3(C=C(C#N)C(=O)C(C)(C)C3)C2)cc1F. The molecular weight excluding hydrogens is 363 g/mol. The van der Waals surface area contributed by atoms with Crippen LogP contribution in [0, 0.1) is 22.6 Å². The van der Waals surface area contributed by atoms with Crippen molar-refractivity contribution in [2.45, 2.75) is 32.3 Å². The van der Waals surface area contributed by atoms with E-state index in [9.17, 15) is 19.2 Å². The topological polar surface area (TPSA) is 79.6 Å². The molecule has 1 atom stereocenters. The quantitative estimate of drug-likeness (QED) is 0.797. The number of allylic oxidation sites excluding steroid dienone is 1. The molecule has 148 valence electrons. The highest BCUT2D eigenvalue weighted by molar-refractivity contribution is 6.04. The van der Waals surface area contributed by atoms with Crippen LogP contribution in [0.5, 0.6) is 5.75 Å². The summed E-state index contributed by atoms with van der Waals surface area (Å²) in [5.74, 6) is -0.750. The van der Waals surface area contributed by atoms with Crippen molar-refractivity contribution in [1.82, 2.24) is 4.90 Å². The first kappa shape index (κ1) is 20.0. The van der Waals surface area contributed by atoms with Crippen molar-refractivity contribution in [3.8, 4) is 11.8 Å². The Hall–Kier alpha value is -2.72. The molecule has 1 heterocycles. The highest BCUT2D eigenvalue weighted by atomic mass is 19.1. The van der Waals surface area contributed by atoms with Gasteiger partial charge in [-0.3, -0.25) is 9.59 Å². The van der Waals surface area contributed by atoms with Gasteiger partial charge in [-0.15, -0.1) is 0 Å². The highest BCUT2D eigenvalue weighted by Crippen LogP contribution is 2.41. The molecule has 0 saturated carbocycles. The lowest BCUT2D eigenvalue weighted by atomic mass is 9.69. The molecule has 1 spiro atoms. The first-order chi connectivity index (χ1) is 13.2. The number of rotatable bonds is 3. The molecule has 0 bridgehead atoms. The van der Waals surface area contributed by atoms with Gasteiger partial charge in [0.1, 0.15) is 11.7 Å². The number of carbonyl (C=O) groups excluding carboxylic acids is 2. The van der Waals surface area contributed by atoms with Gasteiger partial charge in [0.25, 0.3) is 0 Å². The summed E-state index contributed by atoms with van der Waals surface area (Å²) in [7, 11) is 1.38. The Bertz CT molecular complexity index is 887. The smallest absolute Gasteiger partial charge is 0.227 e. The van der Waals surface area contributed by atoms with E-state index in [0.717, 1.165) is 0 Å². The zero-order chi connectivity index (χ0) is 20.5. The van der Waals surface area contributed by atoms with Crippen LogP contribution in [0.25, 0.3) is 0 Å². The van der Waals surface area contributed by atoms with Crippen LogP contribution in [0.15, 0.2) is 29.8 Å². The molecule has 1 saturated heterocycles. The average molecular weight is 386 g/mol. The first-order valence-electron chi connectivity index (χ1n) is 9.12. The molecule has 28 heavy (non-hydrogen) atoms. The number of Topliss-reactive ketones (excluding diaryl/α,β-unsaturated/α-hetero) is 1. The number of ketones is 1. The fraction of sp³-hybridized carbons (Fsp3) is 0.476. The minimum Gasteiger partial charge on any atom is -0.494 e. The maximum atomic E-state index is 13.9. The number of carbonyl (C=O) groups is 2. The number of morpholine rings is 1. The first-order valence-corrected chi connectivity index (χ1v) is 9.12. The number of ether oxygens (including phenoxy) is 2. The van der Waals surface area contributed by atoms with Crippen LogP contribution in [-0.4, -0.2) is 49.0 Å². The van der Waals surface area contributed by atoms with Gasteiger partial charge >= 0.3 is 0 Å². The number of benzene rings is 1. The van der Waals surface area contributed by atoms with Gasteiger partial charge in [0.15, 0.2) is 17.3 Å². The summed E-state index contributed by atoms with van der Waals surface area (Å²) >= 11 is 0. The van der Waals surface area contributed by atoms with Crippen LogP contribution >= 0.6 is 0 Å². The van der Waals surface area contributed by atoms with Gasteiger partial charge in [0, 0.05) is 12.0 Å². The molecule has 2 aliphatic rings. The van der Waals surface area contributed by atoms with E-state index in [1.807, 2.05) is 6.07 Å². The summed E-state index contributed by atoms with van der Waals surface area (Å²) < 4.78 is 24.7. The summed E-state index contributed by atoms with van der Waals surface area (Å²) in [6.45, 7) is 4.54. The van der Waals surface area contributed by atoms with E-state index in [4.69, 9.17) is 9.47 Å². The van der Waals surface area contributed by atoms with Crippen molar-refractivity contribution in [1.29, 1.82) is 5.26 Å². The Morgan fingerprint density at radius 2 is 2.18 bits per heavy atom. The van der Waals surface area contributed by atoms with E-state index in [1.54, 1.807) is 30.9 Å². The van der Waals surface area contributed by atoms with Gasteiger partial charge in [-0.2, -0.15) is 5.26 Å². The highest BCUT2D eigenvalue weighted by Gasteiger charge is 2.48. The van der Waals surface area contributed by atoms with E-state index < -0.39 is 16.8 Å². The predicted molar refractivity (Wildman–Crippen MR) is 99.0 cm³/mol. The third kappa shape index (κ3) is 3.78. The molecule has 1 aliphatic carbocycles. The molecule has 1 amide bonds. The van der Waals surface area contributed by atoms with Crippen LogP contribution in [0.2, 0.25) is 0 Å². The number of nitrogens with zero attached hydrogens (tertiary/aromatic N) is 2. The summed E-state index contributed by atoms with van der Waals surface area (Å²) in [5.41, 5.74) is -0.981. The largest absolute Gasteiger partial charge is 0.494 e. The maximum absolute atomic E-state index is 13.9. The van der Waals surface area contributed by atoms with E-state index in [1.165, 1.54) is 19.2 Å². The van der Waals surface area contributed by atoms with E-state index in [0.29, 0.717) is 25.1 Å². The van der Waals surface area contributed by atoms with Gasteiger partial charge in [-0.05, 0) is 30.2 Å². The summed E-state index contributed by atoms with van der Waals surface area (Å²) in [6, 6.07) is 6.41. The van der Waals surface area contributed by atoms with Crippen molar-refractivity contribution in [3.63, 3.8) is 0 Å². The normalized spacial score (nSPS) is 23.9. The maximum Gasteiger partial charge on any atom is 0.227 e. The van der Waals surface area contributed by atoms with E-state index in [2.05, 4.69) is 0 Å². The molecular formula is C21H23FN2O4. The molecule has 7 heteroatoms. The lowest BCUT2D eigenvalue weighted by Crippen LogP contribution is -2.57. The summed E-state index contributed by atoms with van der Waals surface area (Å²) in [5, 5.41) is 9.33. The van der Waals surface area contributed by atoms with Crippen LogP contribution in [-0.2, 0) is 20.7 Å². The van der Waals surface area contributed by atoms with Crippen LogP contribution in [0.1, 0.15) is 25.8 Å². The average Bonchev–Trinajstić information content (AvgIpc) is 2.64. The van der Waals surface area contributed by atoms with Crippen LogP contribution in [0.4, 0.5) is 4.39 Å². The minimum absolute atomic E-state index is 0.0497. The van der Waals surface area contributed by atoms with Crippen LogP contribution < -0.4 is 4.74 Å². The monoisotopic (exact) mass is 386 g/mol. The Morgan fingerprint density at radius 1 is 1.43 bits per heavy atom. The standard InChI is InChI=1S/C21H23FN2O4/c1-20(2)12-21(10-15(11-23)19(20)26)13-24(6-7-28-21)18(25)9-14-4-5-17(27-3)16(22)8-14/h4-5,8,10H,6-7,9,12-13H2,1-3H3. The van der Waals surface area contributed by atoms with Crippen molar-refractivity contribution < 1.29 is 23.5 Å². The van der Waals surface area contributed by atoms with Crippen molar-refractivity contribution in [2.24, 2.45) is 5.41 Å². The lowest BCUT2D eigenvalue weighted by molar-refractivity contribution is -0.151. The number of hydrogen-bond donors (Lipinski definition) is 0. The van der Waals surface area contributed by atoms with E-state index in [-0.39, 0.29) is 36.0 Å². The van der Waals surface area contributed by atoms with Gasteiger partial charge in [0.2, 0.25) is 5.91 Å². The van der Waals surface area contributed by atoms with Gasteiger partial charge in [0.05, 0.1) is 32.3 Å². The second-order valence-corrected chi connectivity index (χ2v) is 7.93. The molecule has 1 aromatic carbocycles. The third-order valence-corrected chi connectivity index (χ3v) is 5.26. The molecule has 6 nitrogen and oxygen atoms in total. The number of hydrogen-bond acceptors (Lipinski definition) is 5. The number of halogens is 1. The second-order valence-electron chi connectivity index (χ2n) is 7.93. The Balaban J connectivity index is 1.79. The zero-order valence-electron chi connectivity index (χ0n) is 16.3. The van der Waals surface area contributed by atoms with Crippen molar-refractivity contribution >= 4 is 11.7 Å². The fourth-order valence-electron chi connectivity index (χ4n) is 3.98. The Kier molecular flexibility index (Phi) is 5.26. The summed E-state index contributed by atoms with van der Waals surface area (Å²) in [4.78, 5) is 26.8. The molecule has 0 N–H and O–H groups in total. The molecule has 1 aromatic rings. The van der Waals surface area contributed by atoms with Crippen LogP contribution in [0.3, 0.4) is 0 Å². The molecule has 1 aliphatic heterocycles.